The molecule has 1 aliphatic heterocycles. The lowest BCUT2D eigenvalue weighted by Crippen LogP contribution is -2.40. The van der Waals surface area contributed by atoms with E-state index in [9.17, 15) is 19.5 Å². The fourth-order valence-electron chi connectivity index (χ4n) is 5.43. The molecule has 33 heavy (non-hydrogen) atoms. The molecule has 7 nitrogen and oxygen atoms in total. The van der Waals surface area contributed by atoms with E-state index in [2.05, 4.69) is 29.6 Å². The highest BCUT2D eigenvalue weighted by atomic mass is 16.5. The zero-order valence-electron chi connectivity index (χ0n) is 18.6. The molecule has 0 aromatic heterocycles. The van der Waals surface area contributed by atoms with Crippen LogP contribution in [0.25, 0.3) is 11.1 Å². The molecular formula is C26H28N2O5. The molecule has 2 amide bonds. The van der Waals surface area contributed by atoms with E-state index in [4.69, 9.17) is 4.74 Å². The Kier molecular flexibility index (Phi) is 5.35. The predicted octanol–water partition coefficient (Wildman–Crippen LogP) is 3.48. The standard InChI is InChI=1S/C26H28N2O5/c1-16(23(29)28-13-22(24(30)31)26(15-28)10-11-26)12-27-25(32)33-14-21-19-8-4-2-6-17(19)18-7-3-5-9-20(18)21/h2-9,16,21-22H,10-15H2,1H3,(H,27,32)(H,30,31). The average molecular weight is 449 g/mol. The lowest BCUT2D eigenvalue weighted by Gasteiger charge is -2.21. The minimum Gasteiger partial charge on any atom is -0.481 e. The van der Waals surface area contributed by atoms with Crippen molar-refractivity contribution in [2.75, 3.05) is 26.2 Å². The van der Waals surface area contributed by atoms with Crippen molar-refractivity contribution < 1.29 is 24.2 Å². The minimum atomic E-state index is -0.827. The van der Waals surface area contributed by atoms with Gasteiger partial charge in [-0.15, -0.1) is 0 Å². The van der Waals surface area contributed by atoms with Crippen LogP contribution < -0.4 is 5.32 Å². The van der Waals surface area contributed by atoms with Crippen LogP contribution >= 0.6 is 0 Å². The van der Waals surface area contributed by atoms with Gasteiger partial charge in [0.05, 0.1) is 11.8 Å². The van der Waals surface area contributed by atoms with E-state index in [-0.39, 0.29) is 36.9 Å². The highest BCUT2D eigenvalue weighted by Crippen LogP contribution is 2.56. The van der Waals surface area contributed by atoms with Gasteiger partial charge >= 0.3 is 12.1 Å². The van der Waals surface area contributed by atoms with E-state index in [1.807, 2.05) is 24.3 Å². The first-order valence-corrected chi connectivity index (χ1v) is 11.5. The number of ether oxygens (including phenoxy) is 1. The molecule has 7 heteroatoms. The fourth-order valence-corrected chi connectivity index (χ4v) is 5.43. The molecule has 2 fully saturated rings. The summed E-state index contributed by atoms with van der Waals surface area (Å²) in [6, 6.07) is 16.3. The number of amides is 2. The maximum Gasteiger partial charge on any atom is 0.407 e. The summed E-state index contributed by atoms with van der Waals surface area (Å²) < 4.78 is 5.53. The maximum absolute atomic E-state index is 12.8. The van der Waals surface area contributed by atoms with Crippen LogP contribution in [0.3, 0.4) is 0 Å². The molecule has 0 bridgehead atoms. The number of hydrogen-bond donors (Lipinski definition) is 2. The predicted molar refractivity (Wildman–Crippen MR) is 122 cm³/mol. The van der Waals surface area contributed by atoms with E-state index < -0.39 is 23.9 Å². The Hall–Kier alpha value is -3.35. The first-order chi connectivity index (χ1) is 15.9. The molecule has 1 saturated heterocycles. The van der Waals surface area contributed by atoms with Crippen LogP contribution in [0, 0.1) is 17.3 Å². The number of carboxylic acid groups (broad SMARTS) is 1. The van der Waals surface area contributed by atoms with Crippen molar-refractivity contribution in [2.24, 2.45) is 17.3 Å². The van der Waals surface area contributed by atoms with Crippen molar-refractivity contribution in [2.45, 2.75) is 25.7 Å². The second-order valence-electron chi connectivity index (χ2n) is 9.58. The van der Waals surface area contributed by atoms with Crippen molar-refractivity contribution in [3.05, 3.63) is 59.7 Å². The number of alkyl carbamates (subject to hydrolysis) is 1. The fraction of sp³-hybridized carbons (Fsp3) is 0.423. The number of nitrogens with zero attached hydrogens (tertiary/aromatic N) is 1. The quantitative estimate of drug-likeness (QED) is 0.705. The molecule has 2 aromatic rings. The molecule has 1 heterocycles. The summed E-state index contributed by atoms with van der Waals surface area (Å²) in [7, 11) is 0. The van der Waals surface area contributed by atoms with E-state index in [0.29, 0.717) is 6.54 Å². The van der Waals surface area contributed by atoms with Gasteiger partial charge in [0.25, 0.3) is 0 Å². The molecule has 0 radical (unpaired) electrons. The van der Waals surface area contributed by atoms with Gasteiger partial charge in [0.1, 0.15) is 6.61 Å². The summed E-state index contributed by atoms with van der Waals surface area (Å²) in [4.78, 5) is 38.4. The monoisotopic (exact) mass is 448 g/mol. The molecule has 5 rings (SSSR count). The van der Waals surface area contributed by atoms with Gasteiger partial charge in [0.15, 0.2) is 0 Å². The van der Waals surface area contributed by atoms with Gasteiger partial charge in [-0.1, -0.05) is 55.5 Å². The summed E-state index contributed by atoms with van der Waals surface area (Å²) in [5.74, 6) is -1.90. The third-order valence-electron chi connectivity index (χ3n) is 7.47. The zero-order chi connectivity index (χ0) is 23.2. The summed E-state index contributed by atoms with van der Waals surface area (Å²) >= 11 is 0. The topological polar surface area (TPSA) is 95.9 Å². The van der Waals surface area contributed by atoms with Gasteiger partial charge < -0.3 is 20.1 Å². The molecule has 3 aliphatic rings. The molecule has 1 spiro atoms. The lowest BCUT2D eigenvalue weighted by atomic mass is 9.93. The number of hydrogen-bond acceptors (Lipinski definition) is 4. The van der Waals surface area contributed by atoms with Gasteiger partial charge in [-0.05, 0) is 35.1 Å². The smallest absolute Gasteiger partial charge is 0.407 e. The Morgan fingerprint density at radius 1 is 1.09 bits per heavy atom. The number of nitrogens with one attached hydrogen (secondary N) is 1. The number of aliphatic carboxylic acids is 1. The van der Waals surface area contributed by atoms with Crippen molar-refractivity contribution >= 4 is 18.0 Å². The third kappa shape index (κ3) is 3.86. The second kappa shape index (κ2) is 8.21. The molecule has 172 valence electrons. The Balaban J connectivity index is 1.14. The number of benzene rings is 2. The number of carboxylic acids is 1. The summed E-state index contributed by atoms with van der Waals surface area (Å²) in [6.07, 6.45) is 1.17. The largest absolute Gasteiger partial charge is 0.481 e. The SMILES string of the molecule is CC(CNC(=O)OCC1c2ccccc2-c2ccccc21)C(=O)N1CC(C(=O)O)C2(CC2)C1. The van der Waals surface area contributed by atoms with Crippen LogP contribution in [0.4, 0.5) is 4.79 Å². The van der Waals surface area contributed by atoms with Crippen LogP contribution in [0.15, 0.2) is 48.5 Å². The Bertz CT molecular complexity index is 1060. The number of likely N-dealkylation sites (tertiary alicyclic amines) is 1. The number of carbonyl (C=O) groups excluding carboxylic acids is 2. The van der Waals surface area contributed by atoms with Crippen molar-refractivity contribution in [3.63, 3.8) is 0 Å². The van der Waals surface area contributed by atoms with E-state index in [1.54, 1.807) is 11.8 Å². The number of rotatable bonds is 6. The van der Waals surface area contributed by atoms with Gasteiger partial charge in [-0.2, -0.15) is 0 Å². The van der Waals surface area contributed by atoms with Crippen LogP contribution in [0.1, 0.15) is 36.8 Å². The summed E-state index contributed by atoms with van der Waals surface area (Å²) in [6.45, 7) is 2.87. The first-order valence-electron chi connectivity index (χ1n) is 11.5. The van der Waals surface area contributed by atoms with Crippen molar-refractivity contribution in [3.8, 4) is 11.1 Å². The zero-order valence-corrected chi connectivity index (χ0v) is 18.6. The number of fused-ring (bicyclic) bond motifs is 3. The van der Waals surface area contributed by atoms with E-state index >= 15 is 0 Å². The van der Waals surface area contributed by atoms with Crippen LogP contribution in [-0.2, 0) is 14.3 Å². The Morgan fingerprint density at radius 2 is 1.70 bits per heavy atom. The van der Waals surface area contributed by atoms with Gasteiger partial charge in [0.2, 0.25) is 5.91 Å². The molecule has 2 aliphatic carbocycles. The van der Waals surface area contributed by atoms with E-state index in [1.165, 1.54) is 11.1 Å². The van der Waals surface area contributed by atoms with Crippen LogP contribution in [0.5, 0.6) is 0 Å². The molecule has 1 saturated carbocycles. The average Bonchev–Trinajstić information content (AvgIpc) is 3.37. The first kappa shape index (κ1) is 21.5. The van der Waals surface area contributed by atoms with Gasteiger partial charge in [0, 0.05) is 31.0 Å². The highest BCUT2D eigenvalue weighted by Gasteiger charge is 2.59. The molecule has 2 unspecified atom stereocenters. The van der Waals surface area contributed by atoms with Crippen molar-refractivity contribution in [1.29, 1.82) is 0 Å². The molecule has 2 N–H and O–H groups in total. The maximum atomic E-state index is 12.8. The summed E-state index contributed by atoms with van der Waals surface area (Å²) in [5, 5.41) is 12.2. The summed E-state index contributed by atoms with van der Waals surface area (Å²) in [5.41, 5.74) is 4.39. The van der Waals surface area contributed by atoms with Gasteiger partial charge in [-0.3, -0.25) is 9.59 Å². The lowest BCUT2D eigenvalue weighted by molar-refractivity contribution is -0.143. The highest BCUT2D eigenvalue weighted by molar-refractivity contribution is 5.82. The molecule has 2 atom stereocenters. The Morgan fingerprint density at radius 3 is 2.24 bits per heavy atom. The molecule has 2 aromatic carbocycles. The second-order valence-corrected chi connectivity index (χ2v) is 9.58. The third-order valence-corrected chi connectivity index (χ3v) is 7.47. The van der Waals surface area contributed by atoms with Crippen molar-refractivity contribution in [1.82, 2.24) is 10.2 Å². The van der Waals surface area contributed by atoms with Gasteiger partial charge in [-0.25, -0.2) is 4.79 Å². The Labute approximate surface area is 192 Å². The molecular weight excluding hydrogens is 420 g/mol. The van der Waals surface area contributed by atoms with Crippen LogP contribution in [-0.4, -0.2) is 54.2 Å². The normalized spacial score (nSPS) is 20.8. The minimum absolute atomic E-state index is 0.0190. The van der Waals surface area contributed by atoms with Crippen LogP contribution in [0.2, 0.25) is 0 Å². The number of carbonyl (C=O) groups is 3. The van der Waals surface area contributed by atoms with E-state index in [0.717, 1.165) is 24.0 Å².